The van der Waals surface area contributed by atoms with E-state index in [2.05, 4.69) is 15.2 Å². The molecule has 3 aromatic rings. The van der Waals surface area contributed by atoms with Crippen molar-refractivity contribution in [3.8, 4) is 11.3 Å². The van der Waals surface area contributed by atoms with Gasteiger partial charge < -0.3 is 14.2 Å². The van der Waals surface area contributed by atoms with Crippen LogP contribution < -0.4 is 5.56 Å². The molecular formula is C19H19N5O4. The lowest BCUT2D eigenvalue weighted by atomic mass is 10.1. The Morgan fingerprint density at radius 1 is 1.11 bits per heavy atom. The number of aromatic nitrogens is 4. The standard InChI is InChI=1S/C19H19N5O4/c1-13-2-4-14(5-3-13)15-6-7-17(25)24(21-15)12-16-20-18(28-22-16)19(26)23-8-10-27-11-9-23/h2-7H,8-12H2,1H3. The third kappa shape index (κ3) is 3.84. The maximum atomic E-state index is 12.4. The Labute approximate surface area is 160 Å². The average molecular weight is 381 g/mol. The van der Waals surface area contributed by atoms with E-state index in [1.165, 1.54) is 10.7 Å². The van der Waals surface area contributed by atoms with Gasteiger partial charge >= 0.3 is 11.8 Å². The summed E-state index contributed by atoms with van der Waals surface area (Å²) in [5.74, 6) is -0.220. The summed E-state index contributed by atoms with van der Waals surface area (Å²) in [6, 6.07) is 11.0. The second-order valence-corrected chi connectivity index (χ2v) is 6.50. The lowest BCUT2D eigenvalue weighted by Crippen LogP contribution is -2.40. The number of hydrogen-bond donors (Lipinski definition) is 0. The van der Waals surface area contributed by atoms with Gasteiger partial charge in [-0.15, -0.1) is 0 Å². The number of nitrogens with zero attached hydrogens (tertiary/aromatic N) is 5. The van der Waals surface area contributed by atoms with E-state index in [9.17, 15) is 9.59 Å². The Hall–Kier alpha value is -3.33. The summed E-state index contributed by atoms with van der Waals surface area (Å²) in [5.41, 5.74) is 2.41. The van der Waals surface area contributed by atoms with Crippen LogP contribution in [0.3, 0.4) is 0 Å². The van der Waals surface area contributed by atoms with E-state index in [1.54, 1.807) is 11.0 Å². The highest BCUT2D eigenvalue weighted by Gasteiger charge is 2.24. The van der Waals surface area contributed by atoms with Gasteiger partial charge in [-0.05, 0) is 13.0 Å². The van der Waals surface area contributed by atoms with Crippen LogP contribution >= 0.6 is 0 Å². The number of rotatable bonds is 4. The summed E-state index contributed by atoms with van der Waals surface area (Å²) in [5, 5.41) is 8.20. The molecule has 1 aliphatic heterocycles. The van der Waals surface area contributed by atoms with Crippen LogP contribution in [0.4, 0.5) is 0 Å². The predicted molar refractivity (Wildman–Crippen MR) is 98.8 cm³/mol. The molecule has 0 saturated carbocycles. The fourth-order valence-corrected chi connectivity index (χ4v) is 2.88. The monoisotopic (exact) mass is 381 g/mol. The van der Waals surface area contributed by atoms with Gasteiger partial charge in [0.1, 0.15) is 6.54 Å². The van der Waals surface area contributed by atoms with Crippen LogP contribution in [-0.2, 0) is 11.3 Å². The summed E-state index contributed by atoms with van der Waals surface area (Å²) >= 11 is 0. The van der Waals surface area contributed by atoms with Gasteiger partial charge in [0, 0.05) is 24.7 Å². The van der Waals surface area contributed by atoms with Crippen LogP contribution in [0, 0.1) is 6.92 Å². The number of carbonyl (C=O) groups is 1. The molecular weight excluding hydrogens is 362 g/mol. The van der Waals surface area contributed by atoms with Gasteiger partial charge in [0.15, 0.2) is 5.82 Å². The minimum absolute atomic E-state index is 0.0123. The topological polar surface area (TPSA) is 103 Å². The summed E-state index contributed by atoms with van der Waals surface area (Å²) in [7, 11) is 0. The number of benzene rings is 1. The van der Waals surface area contributed by atoms with Gasteiger partial charge in [-0.2, -0.15) is 10.1 Å². The van der Waals surface area contributed by atoms with E-state index in [1.807, 2.05) is 31.2 Å². The number of ether oxygens (including phenoxy) is 1. The summed E-state index contributed by atoms with van der Waals surface area (Å²) in [6.45, 7) is 3.95. The fourth-order valence-electron chi connectivity index (χ4n) is 2.88. The quantitative estimate of drug-likeness (QED) is 0.667. The number of morpholine rings is 1. The van der Waals surface area contributed by atoms with Crippen molar-refractivity contribution >= 4 is 5.91 Å². The first-order chi connectivity index (χ1) is 13.6. The maximum absolute atomic E-state index is 12.4. The molecule has 1 aliphatic rings. The predicted octanol–water partition coefficient (Wildman–Crippen LogP) is 1.12. The summed E-state index contributed by atoms with van der Waals surface area (Å²) < 4.78 is 11.6. The zero-order chi connectivity index (χ0) is 19.5. The average Bonchev–Trinajstić information content (AvgIpc) is 3.19. The number of aryl methyl sites for hydroxylation is 1. The molecule has 1 aromatic carbocycles. The molecule has 4 rings (SSSR count). The SMILES string of the molecule is Cc1ccc(-c2ccc(=O)n(Cc3noc(C(=O)N4CCOCC4)n3)n2)cc1. The van der Waals surface area contributed by atoms with Crippen molar-refractivity contribution in [1.29, 1.82) is 0 Å². The highest BCUT2D eigenvalue weighted by Crippen LogP contribution is 2.16. The molecule has 1 amide bonds. The minimum Gasteiger partial charge on any atom is -0.378 e. The first-order valence-corrected chi connectivity index (χ1v) is 8.95. The van der Waals surface area contributed by atoms with Crippen molar-refractivity contribution in [3.63, 3.8) is 0 Å². The van der Waals surface area contributed by atoms with Crippen molar-refractivity contribution in [3.05, 3.63) is 64.0 Å². The summed E-state index contributed by atoms with van der Waals surface area (Å²) in [6.07, 6.45) is 0. The van der Waals surface area contributed by atoms with Gasteiger partial charge in [0.2, 0.25) is 0 Å². The molecule has 0 aliphatic carbocycles. The summed E-state index contributed by atoms with van der Waals surface area (Å²) in [4.78, 5) is 30.3. The molecule has 1 saturated heterocycles. The molecule has 144 valence electrons. The maximum Gasteiger partial charge on any atom is 0.316 e. The van der Waals surface area contributed by atoms with Gasteiger partial charge in [-0.1, -0.05) is 35.0 Å². The van der Waals surface area contributed by atoms with E-state index >= 15 is 0 Å². The van der Waals surface area contributed by atoms with Crippen LogP contribution in [0.1, 0.15) is 22.1 Å². The van der Waals surface area contributed by atoms with Crippen LogP contribution in [0.25, 0.3) is 11.3 Å². The first kappa shape index (κ1) is 18.1. The van der Waals surface area contributed by atoms with E-state index in [-0.39, 0.29) is 29.7 Å². The Morgan fingerprint density at radius 2 is 1.86 bits per heavy atom. The molecule has 9 heteroatoms. The van der Waals surface area contributed by atoms with Crippen LogP contribution in [0.2, 0.25) is 0 Å². The number of amides is 1. The Morgan fingerprint density at radius 3 is 2.61 bits per heavy atom. The fraction of sp³-hybridized carbons (Fsp3) is 0.316. The molecule has 2 aromatic heterocycles. The van der Waals surface area contributed by atoms with Gasteiger partial charge in [-0.3, -0.25) is 9.59 Å². The lowest BCUT2D eigenvalue weighted by molar-refractivity contribution is 0.0272. The number of carbonyl (C=O) groups excluding carboxylic acids is 1. The van der Waals surface area contributed by atoms with E-state index < -0.39 is 0 Å². The second kappa shape index (κ2) is 7.73. The Bertz CT molecular complexity index is 1030. The third-order valence-corrected chi connectivity index (χ3v) is 4.45. The van der Waals surface area contributed by atoms with Gasteiger partial charge in [0.25, 0.3) is 5.56 Å². The minimum atomic E-state index is -0.337. The normalized spacial score (nSPS) is 14.2. The highest BCUT2D eigenvalue weighted by atomic mass is 16.5. The van der Waals surface area contributed by atoms with Crippen molar-refractivity contribution in [1.82, 2.24) is 24.8 Å². The molecule has 0 spiro atoms. The molecule has 9 nitrogen and oxygen atoms in total. The first-order valence-electron chi connectivity index (χ1n) is 8.95. The van der Waals surface area contributed by atoms with Crippen molar-refractivity contribution in [2.75, 3.05) is 26.3 Å². The molecule has 0 atom stereocenters. The Kier molecular flexibility index (Phi) is 4.98. The van der Waals surface area contributed by atoms with Gasteiger partial charge in [-0.25, -0.2) is 4.68 Å². The molecule has 28 heavy (non-hydrogen) atoms. The van der Waals surface area contributed by atoms with Crippen molar-refractivity contribution in [2.24, 2.45) is 0 Å². The molecule has 0 radical (unpaired) electrons. The molecule has 0 N–H and O–H groups in total. The molecule has 1 fully saturated rings. The largest absolute Gasteiger partial charge is 0.378 e. The van der Waals surface area contributed by atoms with Gasteiger partial charge in [0.05, 0.1) is 18.9 Å². The van der Waals surface area contributed by atoms with Crippen LogP contribution in [0.15, 0.2) is 45.7 Å². The van der Waals surface area contributed by atoms with Crippen molar-refractivity contribution in [2.45, 2.75) is 13.5 Å². The molecule has 0 unspecified atom stereocenters. The van der Waals surface area contributed by atoms with E-state index in [0.717, 1.165) is 11.1 Å². The van der Waals surface area contributed by atoms with Crippen LogP contribution in [-0.4, -0.2) is 57.0 Å². The molecule has 0 bridgehead atoms. The zero-order valence-corrected chi connectivity index (χ0v) is 15.4. The van der Waals surface area contributed by atoms with Crippen LogP contribution in [0.5, 0.6) is 0 Å². The smallest absolute Gasteiger partial charge is 0.316 e. The van der Waals surface area contributed by atoms with Crippen molar-refractivity contribution < 1.29 is 14.1 Å². The Balaban J connectivity index is 1.53. The third-order valence-electron chi connectivity index (χ3n) is 4.45. The number of hydrogen-bond acceptors (Lipinski definition) is 7. The second-order valence-electron chi connectivity index (χ2n) is 6.50. The highest BCUT2D eigenvalue weighted by molar-refractivity contribution is 5.89. The zero-order valence-electron chi connectivity index (χ0n) is 15.4. The van der Waals surface area contributed by atoms with E-state index in [0.29, 0.717) is 32.0 Å². The van der Waals surface area contributed by atoms with E-state index in [4.69, 9.17) is 9.26 Å². The lowest BCUT2D eigenvalue weighted by Gasteiger charge is -2.25. The molecule has 3 heterocycles.